The lowest BCUT2D eigenvalue weighted by molar-refractivity contribution is -0.135. The molecule has 0 bridgehead atoms. The fourth-order valence-electron chi connectivity index (χ4n) is 6.72. The summed E-state index contributed by atoms with van der Waals surface area (Å²) >= 11 is 0. The van der Waals surface area contributed by atoms with Crippen LogP contribution in [0.3, 0.4) is 0 Å². The van der Waals surface area contributed by atoms with E-state index in [9.17, 15) is 10.2 Å². The van der Waals surface area contributed by atoms with Crippen LogP contribution in [0.2, 0.25) is 0 Å². The summed E-state index contributed by atoms with van der Waals surface area (Å²) in [4.78, 5) is 2.50. The molecule has 2 fully saturated rings. The molecule has 6 atom stereocenters. The van der Waals surface area contributed by atoms with Crippen LogP contribution in [0.25, 0.3) is 0 Å². The zero-order valence-electron chi connectivity index (χ0n) is 23.5. The summed E-state index contributed by atoms with van der Waals surface area (Å²) in [7, 11) is 3.43. The van der Waals surface area contributed by atoms with Crippen molar-refractivity contribution < 1.29 is 29.2 Å². The third-order valence-corrected chi connectivity index (χ3v) is 8.62. The zero-order valence-corrected chi connectivity index (χ0v) is 23.5. The van der Waals surface area contributed by atoms with E-state index in [0.717, 1.165) is 63.2 Å². The molecule has 39 heavy (non-hydrogen) atoms. The van der Waals surface area contributed by atoms with Crippen LogP contribution in [0.15, 0.2) is 36.4 Å². The van der Waals surface area contributed by atoms with Crippen molar-refractivity contribution in [2.24, 2.45) is 0 Å². The predicted octanol–water partition coefficient (Wildman–Crippen LogP) is 2.15. The van der Waals surface area contributed by atoms with Gasteiger partial charge in [-0.3, -0.25) is 4.90 Å². The van der Waals surface area contributed by atoms with Gasteiger partial charge in [-0.2, -0.15) is 0 Å². The van der Waals surface area contributed by atoms with Gasteiger partial charge in [-0.1, -0.05) is 31.2 Å². The van der Waals surface area contributed by atoms with Crippen molar-refractivity contribution in [2.45, 2.75) is 75.5 Å². The van der Waals surface area contributed by atoms with Gasteiger partial charge in [0.15, 0.2) is 0 Å². The van der Waals surface area contributed by atoms with Crippen molar-refractivity contribution in [2.75, 3.05) is 47.1 Å². The fourth-order valence-corrected chi connectivity index (χ4v) is 6.72. The molecule has 6 rings (SSSR count). The van der Waals surface area contributed by atoms with Gasteiger partial charge in [0.25, 0.3) is 0 Å². The number of benzene rings is 2. The number of ether oxygens (including phenoxy) is 4. The Morgan fingerprint density at radius 1 is 0.846 bits per heavy atom. The maximum Gasteiger partial charge on any atom is 0.122 e. The van der Waals surface area contributed by atoms with E-state index in [-0.39, 0.29) is 37.6 Å². The van der Waals surface area contributed by atoms with Crippen LogP contribution in [0.4, 0.5) is 0 Å². The first-order valence-corrected chi connectivity index (χ1v) is 14.4. The standard InChI is InChI=1S/C17H25NO3.C14H19NO3/c1-3-7-18-10-13(11-19)21-17-9-14-12(8-15(17)18)5-4-6-16(14)20-2;1-17-13-4-2-3-9-5-12-14(6-11(9)13)18-10(8-16)7-15-12/h4-6,13,15,17,19H,3,7-11H2,1-2H3;2-4,10,12,14-16H,5-8H2,1H3/t13-,15-,17-;10-,12-,14-/m11/s1. The molecule has 8 heteroatoms. The van der Waals surface area contributed by atoms with Crippen LogP contribution in [-0.2, 0) is 35.2 Å². The van der Waals surface area contributed by atoms with E-state index in [1.165, 1.54) is 22.3 Å². The maximum atomic E-state index is 9.49. The molecule has 0 amide bonds. The number of nitrogens with one attached hydrogen (secondary N) is 1. The van der Waals surface area contributed by atoms with Gasteiger partial charge in [0.1, 0.15) is 11.5 Å². The van der Waals surface area contributed by atoms with Crippen molar-refractivity contribution in [3.05, 3.63) is 58.7 Å². The van der Waals surface area contributed by atoms with E-state index in [0.29, 0.717) is 12.1 Å². The van der Waals surface area contributed by atoms with Crippen molar-refractivity contribution in [3.8, 4) is 11.5 Å². The Bertz CT molecular complexity index is 1100. The second-order valence-electron chi connectivity index (χ2n) is 11.0. The summed E-state index contributed by atoms with van der Waals surface area (Å²) in [6, 6.07) is 13.3. The highest BCUT2D eigenvalue weighted by atomic mass is 16.5. The number of hydrogen-bond donors (Lipinski definition) is 3. The minimum absolute atomic E-state index is 0.0611. The summed E-state index contributed by atoms with van der Waals surface area (Å²) < 4.78 is 23.0. The molecule has 8 nitrogen and oxygen atoms in total. The van der Waals surface area contributed by atoms with Gasteiger partial charge in [0.05, 0.1) is 51.8 Å². The number of hydrogen-bond acceptors (Lipinski definition) is 8. The first kappa shape index (κ1) is 28.3. The van der Waals surface area contributed by atoms with E-state index in [4.69, 9.17) is 18.9 Å². The topological polar surface area (TPSA) is 92.7 Å². The Labute approximate surface area is 232 Å². The van der Waals surface area contributed by atoms with Crippen molar-refractivity contribution in [3.63, 3.8) is 0 Å². The summed E-state index contributed by atoms with van der Waals surface area (Å²) in [6.45, 7) is 5.03. The average molecular weight is 541 g/mol. The normalized spacial score (nSPS) is 29.6. The van der Waals surface area contributed by atoms with Crippen molar-refractivity contribution in [1.29, 1.82) is 0 Å². The second kappa shape index (κ2) is 13.0. The summed E-state index contributed by atoms with van der Waals surface area (Å²) in [5.74, 6) is 1.91. The van der Waals surface area contributed by atoms with Crippen molar-refractivity contribution in [1.82, 2.24) is 10.2 Å². The number of methoxy groups -OCH3 is 2. The van der Waals surface area contributed by atoms with Crippen LogP contribution in [0, 0.1) is 0 Å². The van der Waals surface area contributed by atoms with Crippen molar-refractivity contribution >= 4 is 0 Å². The van der Waals surface area contributed by atoms with E-state index in [1.807, 2.05) is 18.2 Å². The lowest BCUT2D eigenvalue weighted by atomic mass is 9.83. The fraction of sp³-hybridized carbons (Fsp3) is 0.613. The van der Waals surface area contributed by atoms with Crippen LogP contribution < -0.4 is 14.8 Å². The zero-order chi connectivity index (χ0) is 27.4. The Morgan fingerprint density at radius 3 is 2.08 bits per heavy atom. The molecule has 0 radical (unpaired) electrons. The van der Waals surface area contributed by atoms with Crippen LogP contribution in [0.5, 0.6) is 11.5 Å². The molecule has 0 aromatic heterocycles. The SMILES string of the molecule is CCCN1C[C@H](CO)O[C@@H]2Cc3c(cccc3OC)C[C@H]21.COc1cccc2c1C[C@H]1O[C@@H](CO)CN[C@@H]1C2. The lowest BCUT2D eigenvalue weighted by Crippen LogP contribution is -2.58. The molecule has 214 valence electrons. The molecular weight excluding hydrogens is 496 g/mol. The van der Waals surface area contributed by atoms with E-state index >= 15 is 0 Å². The molecule has 2 saturated heterocycles. The molecule has 3 N–H and O–H groups in total. The van der Waals surface area contributed by atoms with Gasteiger partial charge in [0.2, 0.25) is 0 Å². The van der Waals surface area contributed by atoms with E-state index in [2.05, 4.69) is 35.3 Å². The highest BCUT2D eigenvalue weighted by Gasteiger charge is 2.40. The summed E-state index contributed by atoms with van der Waals surface area (Å²) in [6.07, 6.45) is 4.99. The third kappa shape index (κ3) is 6.11. The van der Waals surface area contributed by atoms with E-state index in [1.54, 1.807) is 14.2 Å². The van der Waals surface area contributed by atoms with Gasteiger partial charge in [-0.25, -0.2) is 0 Å². The second-order valence-corrected chi connectivity index (χ2v) is 11.0. The van der Waals surface area contributed by atoms with Gasteiger partial charge in [-0.15, -0.1) is 0 Å². The quantitative estimate of drug-likeness (QED) is 0.514. The first-order chi connectivity index (χ1) is 19.1. The molecule has 2 aromatic carbocycles. The maximum absolute atomic E-state index is 9.49. The number of morpholine rings is 2. The molecule has 2 heterocycles. The highest BCUT2D eigenvalue weighted by Crippen LogP contribution is 2.35. The molecule has 2 aliphatic carbocycles. The first-order valence-electron chi connectivity index (χ1n) is 14.4. The monoisotopic (exact) mass is 540 g/mol. The molecule has 0 spiro atoms. The number of aliphatic hydroxyl groups is 2. The van der Waals surface area contributed by atoms with Gasteiger partial charge < -0.3 is 34.5 Å². The highest BCUT2D eigenvalue weighted by molar-refractivity contribution is 5.44. The summed E-state index contributed by atoms with van der Waals surface area (Å²) in [5, 5.41) is 22.1. The Morgan fingerprint density at radius 2 is 1.46 bits per heavy atom. The molecule has 2 aliphatic heterocycles. The van der Waals surface area contributed by atoms with Gasteiger partial charge in [-0.05, 0) is 60.2 Å². The molecular formula is C31H44N2O6. The van der Waals surface area contributed by atoms with E-state index < -0.39 is 0 Å². The number of nitrogens with zero attached hydrogens (tertiary/aromatic N) is 1. The predicted molar refractivity (Wildman–Crippen MR) is 150 cm³/mol. The third-order valence-electron chi connectivity index (χ3n) is 8.62. The van der Waals surface area contributed by atoms with Crippen LogP contribution in [0.1, 0.15) is 35.6 Å². The average Bonchev–Trinajstić information content (AvgIpc) is 2.98. The molecule has 0 unspecified atom stereocenters. The number of aliphatic hydroxyl groups excluding tert-OH is 2. The minimum atomic E-state index is -0.0810. The van der Waals surface area contributed by atoms with Gasteiger partial charge in [0, 0.05) is 38.0 Å². The van der Waals surface area contributed by atoms with Crippen LogP contribution in [-0.4, -0.2) is 98.7 Å². The molecule has 0 saturated carbocycles. The Balaban J connectivity index is 0.000000160. The summed E-state index contributed by atoms with van der Waals surface area (Å²) in [5.41, 5.74) is 5.25. The van der Waals surface area contributed by atoms with Gasteiger partial charge >= 0.3 is 0 Å². The van der Waals surface area contributed by atoms with Crippen LogP contribution >= 0.6 is 0 Å². The smallest absolute Gasteiger partial charge is 0.122 e. The number of fused-ring (bicyclic) bond motifs is 4. The molecule has 4 aliphatic rings. The largest absolute Gasteiger partial charge is 0.496 e. The Hall–Kier alpha value is -2.20. The minimum Gasteiger partial charge on any atom is -0.496 e. The lowest BCUT2D eigenvalue weighted by Gasteiger charge is -2.47. The molecule has 2 aromatic rings. The number of rotatable bonds is 6. The Kier molecular flexibility index (Phi) is 9.43.